The van der Waals surface area contributed by atoms with Crippen molar-refractivity contribution >= 4 is 68.8 Å². The van der Waals surface area contributed by atoms with E-state index >= 15 is 0 Å². The lowest BCUT2D eigenvalue weighted by Gasteiger charge is -2.39. The first kappa shape index (κ1) is 50.6. The van der Waals surface area contributed by atoms with Crippen molar-refractivity contribution in [2.24, 2.45) is 5.73 Å². The number of aromatic nitrogens is 2. The van der Waals surface area contributed by atoms with Gasteiger partial charge in [0.1, 0.15) is 11.5 Å². The number of amides is 2. The lowest BCUT2D eigenvalue weighted by Crippen LogP contribution is -2.43. The molecule has 0 saturated heterocycles. The lowest BCUT2D eigenvalue weighted by atomic mass is 10.0. The summed E-state index contributed by atoms with van der Waals surface area (Å²) < 4.78 is 40.8. The molecule has 16 heteroatoms. The smallest absolute Gasteiger partial charge is 0.255 e. The molecule has 70 heavy (non-hydrogen) atoms. The number of phenolic OH excluding ortho intramolecular Hbond substituents is 1. The molecular formula is C54H58N6O8SSi. The van der Waals surface area contributed by atoms with Crippen molar-refractivity contribution in [2.75, 3.05) is 30.8 Å². The van der Waals surface area contributed by atoms with Crippen LogP contribution in [-0.2, 0) is 14.3 Å². The van der Waals surface area contributed by atoms with Crippen LogP contribution in [0.15, 0.2) is 124 Å². The molecule has 14 nitrogen and oxygen atoms in total. The number of ether oxygens (including phenoxy) is 1. The van der Waals surface area contributed by atoms with Gasteiger partial charge in [-0.3, -0.25) is 19.4 Å². The molecule has 362 valence electrons. The van der Waals surface area contributed by atoms with Crippen LogP contribution in [0.1, 0.15) is 82.7 Å². The number of hydrogen-bond acceptors (Lipinski definition) is 11. The van der Waals surface area contributed by atoms with Crippen LogP contribution in [0.25, 0.3) is 21.8 Å². The molecule has 2 amide bonds. The molecule has 0 unspecified atom stereocenters. The molecule has 0 aliphatic heterocycles. The van der Waals surface area contributed by atoms with Crippen LogP contribution in [0, 0.1) is 25.7 Å². The molecule has 0 radical (unpaired) electrons. The lowest BCUT2D eigenvalue weighted by molar-refractivity contribution is 0.0998. The SMILES string of the molecule is COc1cccc(Nc2c(C(N)=O)cnc3c(C)cc(S(=O)(=O)c4cccc(C(=O)Nc5ccc(C#CCCCNC[C@H](O[Si](C)(C)C(C)(C)C)c6ccc(O)c7[nH]c(=O)ccc67)cc5C)c4)cc23)c1. The first-order valence-corrected chi connectivity index (χ1v) is 27.2. The Kier molecular flexibility index (Phi) is 15.0. The van der Waals surface area contributed by atoms with E-state index < -0.39 is 30.0 Å². The Labute approximate surface area is 409 Å². The number of pyridine rings is 2. The number of nitrogens with zero attached hydrogens (tertiary/aromatic N) is 1. The molecule has 1 atom stereocenters. The highest BCUT2D eigenvalue weighted by Gasteiger charge is 2.40. The first-order chi connectivity index (χ1) is 33.2. The molecular weight excluding hydrogens is 921 g/mol. The van der Waals surface area contributed by atoms with Crippen molar-refractivity contribution in [3.8, 4) is 23.3 Å². The normalized spacial score (nSPS) is 12.3. The van der Waals surface area contributed by atoms with E-state index in [2.05, 4.69) is 71.6 Å². The Hall–Kier alpha value is -7.29. The summed E-state index contributed by atoms with van der Waals surface area (Å²) in [6, 6.07) is 28.0. The Morgan fingerprint density at radius 3 is 2.41 bits per heavy atom. The van der Waals surface area contributed by atoms with E-state index in [9.17, 15) is 27.9 Å². The van der Waals surface area contributed by atoms with Crippen molar-refractivity contribution in [1.82, 2.24) is 15.3 Å². The molecule has 0 fully saturated rings. The molecule has 2 aromatic heterocycles. The summed E-state index contributed by atoms with van der Waals surface area (Å²) in [6.45, 7) is 15.8. The highest BCUT2D eigenvalue weighted by atomic mass is 32.2. The zero-order chi connectivity index (χ0) is 50.5. The average Bonchev–Trinajstić information content (AvgIpc) is 3.31. The number of phenols is 1. The van der Waals surface area contributed by atoms with E-state index in [1.807, 2.05) is 25.1 Å². The topological polar surface area (TPSA) is 215 Å². The number of aromatic hydroxyl groups is 1. The van der Waals surface area contributed by atoms with Crippen molar-refractivity contribution in [1.29, 1.82) is 0 Å². The molecule has 0 spiro atoms. The maximum atomic E-state index is 14.3. The number of rotatable bonds is 16. The van der Waals surface area contributed by atoms with E-state index in [-0.39, 0.29) is 49.1 Å². The number of hydrogen-bond donors (Lipinski definition) is 6. The number of aromatic amines is 1. The van der Waals surface area contributed by atoms with Gasteiger partial charge in [0.05, 0.1) is 45.3 Å². The van der Waals surface area contributed by atoms with Crippen LogP contribution >= 0.6 is 0 Å². The number of sulfone groups is 1. The second kappa shape index (κ2) is 20.7. The fourth-order valence-electron chi connectivity index (χ4n) is 7.77. The molecule has 7 aromatic rings. The zero-order valence-corrected chi connectivity index (χ0v) is 42.4. The molecule has 0 bridgehead atoms. The number of nitrogens with two attached hydrogens (primary N) is 1. The standard InChI is InChI=1S/C54H58N6O8SSi/c1-33-26-35(14-10-9-11-25-56-32-47(68-70(7,8)54(3,4)5)41-20-23-46(61)51-42(41)21-24-48(62)60-51)19-22-45(33)59-53(64)36-15-12-18-39(28-36)69(65,66)40-27-34(2)49-43(30-40)50(44(31-57-49)52(55)63)58-37-16-13-17-38(29-37)67-6/h12-13,15-24,26-31,47,56,61H,9,11,25,32H2,1-8H3,(H2,55,63)(H,57,58)(H,59,64)(H,60,62)/t47-/m0/s1. The van der Waals surface area contributed by atoms with Gasteiger partial charge >= 0.3 is 0 Å². The average molecular weight is 979 g/mol. The Bertz CT molecular complexity index is 3390. The Balaban J connectivity index is 1.00. The summed E-state index contributed by atoms with van der Waals surface area (Å²) in [7, 11) is -4.88. The van der Waals surface area contributed by atoms with Crippen LogP contribution in [0.2, 0.25) is 18.1 Å². The van der Waals surface area contributed by atoms with Gasteiger partial charge in [-0.2, -0.15) is 0 Å². The van der Waals surface area contributed by atoms with Gasteiger partial charge in [-0.1, -0.05) is 50.8 Å². The number of methoxy groups -OCH3 is 1. The van der Waals surface area contributed by atoms with Crippen LogP contribution < -0.4 is 32.0 Å². The number of anilines is 3. The Morgan fingerprint density at radius 1 is 0.914 bits per heavy atom. The number of unbranched alkanes of at least 4 members (excludes halogenated alkanes) is 1. The summed E-state index contributed by atoms with van der Waals surface area (Å²) >= 11 is 0. The summed E-state index contributed by atoms with van der Waals surface area (Å²) in [5, 5.41) is 21.3. The van der Waals surface area contributed by atoms with Crippen molar-refractivity contribution in [3.63, 3.8) is 0 Å². The van der Waals surface area contributed by atoms with Gasteiger partial charge in [0.25, 0.3) is 11.8 Å². The minimum absolute atomic E-state index is 0.00667. The largest absolute Gasteiger partial charge is 0.506 e. The van der Waals surface area contributed by atoms with E-state index in [4.69, 9.17) is 14.9 Å². The number of primary amides is 1. The van der Waals surface area contributed by atoms with Crippen molar-refractivity contribution < 1.29 is 32.3 Å². The van der Waals surface area contributed by atoms with Gasteiger partial charge < -0.3 is 40.9 Å². The number of nitrogens with one attached hydrogen (secondary N) is 4. The predicted molar refractivity (Wildman–Crippen MR) is 279 cm³/mol. The second-order valence-corrected chi connectivity index (χ2v) is 25.4. The van der Waals surface area contributed by atoms with Crippen LogP contribution in [0.4, 0.5) is 17.1 Å². The number of benzene rings is 5. The van der Waals surface area contributed by atoms with Gasteiger partial charge in [-0.05, 0) is 134 Å². The number of carbonyl (C=O) groups is 2. The minimum atomic E-state index is -4.20. The summed E-state index contributed by atoms with van der Waals surface area (Å²) in [4.78, 5) is 45.4. The highest BCUT2D eigenvalue weighted by molar-refractivity contribution is 7.91. The van der Waals surface area contributed by atoms with Crippen LogP contribution in [0.3, 0.4) is 0 Å². The minimum Gasteiger partial charge on any atom is -0.506 e. The van der Waals surface area contributed by atoms with Crippen molar-refractivity contribution in [3.05, 3.63) is 153 Å². The van der Waals surface area contributed by atoms with E-state index in [1.165, 1.54) is 49.7 Å². The third kappa shape index (κ3) is 11.2. The predicted octanol–water partition coefficient (Wildman–Crippen LogP) is 9.82. The molecule has 0 saturated carbocycles. The maximum absolute atomic E-state index is 14.3. The van der Waals surface area contributed by atoms with Crippen LogP contribution in [0.5, 0.6) is 11.5 Å². The van der Waals surface area contributed by atoms with Crippen molar-refractivity contribution in [2.45, 2.75) is 81.5 Å². The highest BCUT2D eigenvalue weighted by Crippen LogP contribution is 2.41. The number of H-pyrrole nitrogens is 1. The van der Waals surface area contributed by atoms with E-state index in [0.717, 1.165) is 28.5 Å². The van der Waals surface area contributed by atoms with Gasteiger partial charge in [0.15, 0.2) is 8.32 Å². The quantitative estimate of drug-likeness (QED) is 0.0304. The fourth-order valence-corrected chi connectivity index (χ4v) is 10.5. The van der Waals surface area contributed by atoms with E-state index in [0.29, 0.717) is 58.6 Å². The number of fused-ring (bicyclic) bond motifs is 2. The van der Waals surface area contributed by atoms with Gasteiger partial charge in [-0.25, -0.2) is 8.42 Å². The number of carbonyl (C=O) groups excluding carboxylic acids is 2. The zero-order valence-electron chi connectivity index (χ0n) is 40.5. The molecule has 0 aliphatic rings. The number of aryl methyl sites for hydroxylation is 2. The molecule has 2 heterocycles. The maximum Gasteiger partial charge on any atom is 0.255 e. The van der Waals surface area contributed by atoms with Gasteiger partial charge in [-0.15, -0.1) is 0 Å². The molecule has 0 aliphatic carbocycles. The summed E-state index contributed by atoms with van der Waals surface area (Å²) in [5.41, 5.74) is 10.9. The third-order valence-electron chi connectivity index (χ3n) is 12.6. The monoisotopic (exact) mass is 978 g/mol. The third-order valence-corrected chi connectivity index (χ3v) is 18.9. The van der Waals surface area contributed by atoms with E-state index in [1.54, 1.807) is 55.5 Å². The van der Waals surface area contributed by atoms with Gasteiger partial charge in [0.2, 0.25) is 15.4 Å². The molecule has 5 aromatic carbocycles. The molecule has 7 rings (SSSR count). The second-order valence-electron chi connectivity index (χ2n) is 18.7. The van der Waals surface area contributed by atoms with Gasteiger partial charge in [0, 0.05) is 64.6 Å². The molecule has 7 N–H and O–H groups in total. The summed E-state index contributed by atoms with van der Waals surface area (Å²) in [6.07, 6.45) is 2.45. The Morgan fingerprint density at radius 2 is 1.69 bits per heavy atom. The fraction of sp³-hybridized carbons (Fsp3) is 0.259. The first-order valence-electron chi connectivity index (χ1n) is 22.8. The summed E-state index contributed by atoms with van der Waals surface area (Å²) in [5.74, 6) is 5.80. The van der Waals surface area contributed by atoms with Crippen LogP contribution in [-0.4, -0.2) is 63.8 Å².